The zero-order valence-corrected chi connectivity index (χ0v) is 15.6. The average Bonchev–Trinajstić information content (AvgIpc) is 2.93. The summed E-state index contributed by atoms with van der Waals surface area (Å²) in [6.45, 7) is 1.81. The summed E-state index contributed by atoms with van der Waals surface area (Å²) in [4.78, 5) is 21.2. The number of carbonyl (C=O) groups excluding carboxylic acids is 1. The van der Waals surface area contributed by atoms with E-state index >= 15 is 0 Å². The van der Waals surface area contributed by atoms with Crippen molar-refractivity contribution in [2.45, 2.75) is 18.2 Å². The molecule has 3 N–H and O–H groups in total. The van der Waals surface area contributed by atoms with Crippen LogP contribution >= 0.6 is 0 Å². The molecule has 0 radical (unpaired) electrons. The van der Waals surface area contributed by atoms with Crippen molar-refractivity contribution in [1.82, 2.24) is 9.97 Å². The number of aromatic nitrogens is 2. The Morgan fingerprint density at radius 1 is 1.14 bits per heavy atom. The molecule has 2 aliphatic carbocycles. The smallest absolute Gasteiger partial charge is 0.294 e. The highest BCUT2D eigenvalue weighted by Gasteiger charge is 2.40. The molecule has 8 heteroatoms. The lowest BCUT2D eigenvalue weighted by atomic mass is 9.74. The van der Waals surface area contributed by atoms with Gasteiger partial charge in [0, 0.05) is 11.1 Å². The van der Waals surface area contributed by atoms with Crippen LogP contribution in [0.3, 0.4) is 0 Å². The van der Waals surface area contributed by atoms with Gasteiger partial charge in [-0.15, -0.1) is 0 Å². The molecule has 1 atom stereocenters. The first kappa shape index (κ1) is 17.0. The Labute approximate surface area is 160 Å². The molecule has 2 aliphatic rings. The number of nitrogens with zero attached hydrogens (tertiary/aromatic N) is 2. The van der Waals surface area contributed by atoms with E-state index < -0.39 is 21.4 Å². The van der Waals surface area contributed by atoms with Gasteiger partial charge in [0.2, 0.25) is 5.91 Å². The first-order valence-electron chi connectivity index (χ1n) is 8.62. The van der Waals surface area contributed by atoms with Crippen LogP contribution in [0.2, 0.25) is 0 Å². The number of hydrogen-bond donors (Lipinski definition) is 2. The topological polar surface area (TPSA) is 123 Å². The van der Waals surface area contributed by atoms with Crippen LogP contribution in [0.5, 0.6) is 0 Å². The van der Waals surface area contributed by atoms with Crippen molar-refractivity contribution in [3.05, 3.63) is 59.3 Å². The van der Waals surface area contributed by atoms with E-state index in [2.05, 4.69) is 9.97 Å². The number of hydrogen-bond acceptors (Lipinski definition) is 5. The maximum Gasteiger partial charge on any atom is 0.294 e. The third-order valence-corrected chi connectivity index (χ3v) is 6.30. The Hall–Kier alpha value is -3.10. The minimum atomic E-state index is -4.34. The minimum absolute atomic E-state index is 0.234. The van der Waals surface area contributed by atoms with Gasteiger partial charge in [0.1, 0.15) is 0 Å². The van der Waals surface area contributed by atoms with Crippen LogP contribution in [0.25, 0.3) is 27.9 Å². The first-order chi connectivity index (χ1) is 13.2. The lowest BCUT2D eigenvalue weighted by Crippen LogP contribution is -2.36. The Morgan fingerprint density at radius 3 is 2.61 bits per heavy atom. The Kier molecular flexibility index (Phi) is 3.19. The molecule has 1 aromatic heterocycles. The van der Waals surface area contributed by atoms with Gasteiger partial charge in [-0.05, 0) is 42.7 Å². The molecule has 5 rings (SSSR count). The molecule has 1 heterocycles. The Bertz CT molecular complexity index is 1360. The highest BCUT2D eigenvalue weighted by Crippen LogP contribution is 2.50. The molecule has 1 amide bonds. The van der Waals surface area contributed by atoms with Gasteiger partial charge in [-0.2, -0.15) is 8.42 Å². The number of rotatable bonds is 2. The Morgan fingerprint density at radius 2 is 1.89 bits per heavy atom. The summed E-state index contributed by atoms with van der Waals surface area (Å²) in [6.07, 6.45) is 2.36. The van der Waals surface area contributed by atoms with Gasteiger partial charge >= 0.3 is 0 Å². The minimum Gasteiger partial charge on any atom is -0.369 e. The predicted octanol–water partition coefficient (Wildman–Crippen LogP) is 2.34. The third-order valence-electron chi connectivity index (χ3n) is 5.45. The standard InChI is InChI=1S/C20H15N3O4S/c1-20(19(21)24)8-10-3-2-4-12-16(10)13(9-20)18-17(12)23-15-7-11(28(25,26)27)5-6-14(15)22-18/h2-7,9H,8H2,1H3,(H2,21,24)(H,25,26,27). The maximum absolute atomic E-state index is 12.1. The van der Waals surface area contributed by atoms with Gasteiger partial charge in [0.25, 0.3) is 10.1 Å². The molecule has 2 aromatic carbocycles. The molecular formula is C20H15N3O4S. The summed E-state index contributed by atoms with van der Waals surface area (Å²) in [6, 6.07) is 9.89. The first-order valence-corrected chi connectivity index (χ1v) is 10.1. The number of amides is 1. The molecule has 1 unspecified atom stereocenters. The second kappa shape index (κ2) is 5.24. The van der Waals surface area contributed by atoms with Gasteiger partial charge in [-0.25, -0.2) is 9.97 Å². The maximum atomic E-state index is 12.1. The molecule has 3 aromatic rings. The van der Waals surface area contributed by atoms with Crippen LogP contribution < -0.4 is 5.73 Å². The Balaban J connectivity index is 1.83. The van der Waals surface area contributed by atoms with Gasteiger partial charge in [-0.3, -0.25) is 9.35 Å². The summed E-state index contributed by atoms with van der Waals surface area (Å²) in [7, 11) is -4.34. The summed E-state index contributed by atoms with van der Waals surface area (Å²) < 4.78 is 32.2. The summed E-state index contributed by atoms with van der Waals surface area (Å²) >= 11 is 0. The van der Waals surface area contributed by atoms with Crippen molar-refractivity contribution < 1.29 is 17.8 Å². The van der Waals surface area contributed by atoms with E-state index in [1.807, 2.05) is 31.2 Å². The van der Waals surface area contributed by atoms with Crippen LogP contribution in [-0.4, -0.2) is 28.8 Å². The van der Waals surface area contributed by atoms with E-state index in [-0.39, 0.29) is 4.90 Å². The summed E-state index contributed by atoms with van der Waals surface area (Å²) in [5.41, 5.74) is 10.6. The molecule has 140 valence electrons. The third kappa shape index (κ3) is 2.25. The molecule has 7 nitrogen and oxygen atoms in total. The summed E-state index contributed by atoms with van der Waals surface area (Å²) in [5, 5.41) is 0. The predicted molar refractivity (Wildman–Crippen MR) is 103 cm³/mol. The van der Waals surface area contributed by atoms with Crippen molar-refractivity contribution in [2.75, 3.05) is 0 Å². The zero-order chi connectivity index (χ0) is 19.8. The average molecular weight is 393 g/mol. The normalized spacial score (nSPS) is 19.9. The molecule has 0 fully saturated rings. The second-order valence-electron chi connectivity index (χ2n) is 7.40. The fourth-order valence-corrected chi connectivity index (χ4v) is 4.52. The number of nitrogens with two attached hydrogens (primary N) is 1. The van der Waals surface area contributed by atoms with Crippen molar-refractivity contribution >= 4 is 32.6 Å². The van der Waals surface area contributed by atoms with Gasteiger partial charge in [0.05, 0.1) is 32.7 Å². The van der Waals surface area contributed by atoms with Crippen LogP contribution in [0.1, 0.15) is 23.7 Å². The fraction of sp³-hybridized carbons (Fsp3) is 0.150. The van der Waals surface area contributed by atoms with Crippen LogP contribution in [0.15, 0.2) is 47.4 Å². The molecule has 0 bridgehead atoms. The lowest BCUT2D eigenvalue weighted by Gasteiger charge is -2.29. The molecule has 0 spiro atoms. The highest BCUT2D eigenvalue weighted by atomic mass is 32.2. The zero-order valence-electron chi connectivity index (χ0n) is 14.8. The van der Waals surface area contributed by atoms with Crippen molar-refractivity contribution in [3.8, 4) is 11.3 Å². The van der Waals surface area contributed by atoms with E-state index in [0.717, 1.165) is 22.3 Å². The van der Waals surface area contributed by atoms with E-state index in [9.17, 15) is 17.8 Å². The molecule has 0 saturated carbocycles. The largest absolute Gasteiger partial charge is 0.369 e. The van der Waals surface area contributed by atoms with Gasteiger partial charge < -0.3 is 5.73 Å². The van der Waals surface area contributed by atoms with Gasteiger partial charge in [-0.1, -0.05) is 24.3 Å². The molecule has 0 aliphatic heterocycles. The number of benzene rings is 2. The molecule has 28 heavy (non-hydrogen) atoms. The van der Waals surface area contributed by atoms with Crippen LogP contribution in [-0.2, 0) is 21.3 Å². The lowest BCUT2D eigenvalue weighted by molar-refractivity contribution is -0.124. The number of fused-ring (bicyclic) bond motifs is 4. The molecular weight excluding hydrogens is 378 g/mol. The SMILES string of the molecule is CC1(C(N)=O)C=C2c3nc4ccc(S(=O)(=O)O)cc4nc3-c3cccc(c32)C1. The second-order valence-corrected chi connectivity index (χ2v) is 8.82. The van der Waals surface area contributed by atoms with E-state index in [4.69, 9.17) is 5.73 Å². The van der Waals surface area contributed by atoms with Crippen molar-refractivity contribution in [3.63, 3.8) is 0 Å². The quantitative estimate of drug-likeness (QED) is 0.504. The fourth-order valence-electron chi connectivity index (χ4n) is 4.02. The molecule has 0 saturated heterocycles. The van der Waals surface area contributed by atoms with Crippen molar-refractivity contribution in [1.29, 1.82) is 0 Å². The monoisotopic (exact) mass is 393 g/mol. The van der Waals surface area contributed by atoms with Crippen molar-refractivity contribution in [2.24, 2.45) is 11.1 Å². The highest BCUT2D eigenvalue weighted by molar-refractivity contribution is 7.85. The number of primary amides is 1. The van der Waals surface area contributed by atoms with Crippen LogP contribution in [0, 0.1) is 5.41 Å². The van der Waals surface area contributed by atoms with E-state index in [0.29, 0.717) is 28.8 Å². The van der Waals surface area contributed by atoms with Gasteiger partial charge in [0.15, 0.2) is 0 Å². The van der Waals surface area contributed by atoms with E-state index in [1.54, 1.807) is 0 Å². The van der Waals surface area contributed by atoms with Crippen LogP contribution in [0.4, 0.5) is 0 Å². The summed E-state index contributed by atoms with van der Waals surface area (Å²) in [5.74, 6) is -0.406. The van der Waals surface area contributed by atoms with E-state index in [1.165, 1.54) is 18.2 Å². The number of carbonyl (C=O) groups is 1.